The van der Waals surface area contributed by atoms with Gasteiger partial charge >= 0.3 is 5.97 Å². The van der Waals surface area contributed by atoms with E-state index in [1.54, 1.807) is 31.4 Å². The van der Waals surface area contributed by atoms with Crippen LogP contribution in [-0.2, 0) is 20.8 Å². The maximum atomic E-state index is 12.0. The fraction of sp³-hybridized carbons (Fsp3) is 0.400. The van der Waals surface area contributed by atoms with Crippen molar-refractivity contribution in [3.63, 3.8) is 0 Å². The van der Waals surface area contributed by atoms with Gasteiger partial charge < -0.3 is 20.5 Å². The Labute approximate surface area is 127 Å². The molecule has 0 aromatic heterocycles. The fourth-order valence-corrected chi connectivity index (χ4v) is 2.28. The number of carboxylic acids is 1. The maximum absolute atomic E-state index is 12.0. The van der Waals surface area contributed by atoms with Crippen molar-refractivity contribution in [2.45, 2.75) is 31.3 Å². The zero-order valence-electron chi connectivity index (χ0n) is 12.2. The Balaban J connectivity index is 1.98. The quantitative estimate of drug-likeness (QED) is 0.690. The van der Waals surface area contributed by atoms with Crippen molar-refractivity contribution in [3.05, 3.63) is 29.8 Å². The molecule has 0 saturated carbocycles. The van der Waals surface area contributed by atoms with Gasteiger partial charge in [0.1, 0.15) is 17.8 Å². The van der Waals surface area contributed by atoms with Crippen LogP contribution in [0, 0.1) is 0 Å². The first-order valence-corrected chi connectivity index (χ1v) is 6.95. The van der Waals surface area contributed by atoms with E-state index in [0.717, 1.165) is 5.56 Å². The molecule has 2 atom stereocenters. The number of carbonyl (C=O) groups is 3. The molecule has 0 bridgehead atoms. The van der Waals surface area contributed by atoms with Crippen LogP contribution >= 0.6 is 0 Å². The second-order valence-corrected chi connectivity index (χ2v) is 5.11. The monoisotopic (exact) mass is 306 g/mol. The summed E-state index contributed by atoms with van der Waals surface area (Å²) >= 11 is 0. The standard InChI is InChI=1S/C15H18N2O5/c1-22-10-4-2-9(3-5-10)8-12(15(20)21)17-14(19)11-6-7-13(18)16-11/h2-5,11-12H,6-8H2,1H3,(H,16,18)(H,17,19)(H,20,21)/t11-,12+/m0/s1. The largest absolute Gasteiger partial charge is 0.497 e. The Hall–Kier alpha value is -2.57. The van der Waals surface area contributed by atoms with Crippen molar-refractivity contribution >= 4 is 17.8 Å². The molecule has 1 saturated heterocycles. The number of hydrogen-bond donors (Lipinski definition) is 3. The molecule has 1 heterocycles. The molecule has 3 N–H and O–H groups in total. The molecule has 0 spiro atoms. The number of rotatable bonds is 6. The highest BCUT2D eigenvalue weighted by molar-refractivity contribution is 5.92. The van der Waals surface area contributed by atoms with Crippen molar-refractivity contribution in [1.29, 1.82) is 0 Å². The summed E-state index contributed by atoms with van der Waals surface area (Å²) in [6, 6.07) is 5.26. The molecular formula is C15H18N2O5. The summed E-state index contributed by atoms with van der Waals surface area (Å²) < 4.78 is 5.04. The topological polar surface area (TPSA) is 105 Å². The molecular weight excluding hydrogens is 288 g/mol. The van der Waals surface area contributed by atoms with Crippen molar-refractivity contribution in [1.82, 2.24) is 10.6 Å². The average Bonchev–Trinajstić information content (AvgIpc) is 2.94. The van der Waals surface area contributed by atoms with Gasteiger partial charge in [0.15, 0.2) is 0 Å². The predicted octanol–water partition coefficient (Wildman–Crippen LogP) is 0.0857. The average molecular weight is 306 g/mol. The van der Waals surface area contributed by atoms with Gasteiger partial charge in [-0.05, 0) is 24.1 Å². The summed E-state index contributed by atoms with van der Waals surface area (Å²) in [4.78, 5) is 34.4. The van der Waals surface area contributed by atoms with Crippen LogP contribution < -0.4 is 15.4 Å². The molecule has 22 heavy (non-hydrogen) atoms. The van der Waals surface area contributed by atoms with E-state index in [2.05, 4.69) is 10.6 Å². The van der Waals surface area contributed by atoms with Gasteiger partial charge in [0, 0.05) is 12.8 Å². The van der Waals surface area contributed by atoms with Gasteiger partial charge in [0.25, 0.3) is 0 Å². The number of methoxy groups -OCH3 is 1. The molecule has 1 aliphatic heterocycles. The highest BCUT2D eigenvalue weighted by Gasteiger charge is 2.30. The first kappa shape index (κ1) is 15.8. The first-order chi connectivity index (χ1) is 10.5. The summed E-state index contributed by atoms with van der Waals surface area (Å²) in [6.45, 7) is 0. The van der Waals surface area contributed by atoms with Crippen molar-refractivity contribution < 1.29 is 24.2 Å². The smallest absolute Gasteiger partial charge is 0.326 e. The second-order valence-electron chi connectivity index (χ2n) is 5.11. The molecule has 1 aromatic carbocycles. The molecule has 0 radical (unpaired) electrons. The minimum Gasteiger partial charge on any atom is -0.497 e. The number of aliphatic carboxylic acids is 1. The Kier molecular flexibility index (Phi) is 4.98. The molecule has 7 nitrogen and oxygen atoms in total. The molecule has 7 heteroatoms. The lowest BCUT2D eigenvalue weighted by Gasteiger charge is -2.17. The van der Waals surface area contributed by atoms with Gasteiger partial charge in [0.2, 0.25) is 11.8 Å². The molecule has 118 valence electrons. The van der Waals surface area contributed by atoms with E-state index in [1.165, 1.54) is 0 Å². The van der Waals surface area contributed by atoms with Crippen LogP contribution in [0.25, 0.3) is 0 Å². The molecule has 2 amide bonds. The lowest BCUT2D eigenvalue weighted by atomic mass is 10.1. The highest BCUT2D eigenvalue weighted by atomic mass is 16.5. The number of benzene rings is 1. The molecule has 1 aliphatic rings. The summed E-state index contributed by atoms with van der Waals surface area (Å²) in [6.07, 6.45) is 0.833. The maximum Gasteiger partial charge on any atom is 0.326 e. The van der Waals surface area contributed by atoms with Gasteiger partial charge in [-0.2, -0.15) is 0 Å². The third-order valence-corrected chi connectivity index (χ3v) is 3.53. The summed E-state index contributed by atoms with van der Waals surface area (Å²) in [5.74, 6) is -1.10. The lowest BCUT2D eigenvalue weighted by Crippen LogP contribution is -2.49. The minimum absolute atomic E-state index is 0.158. The summed E-state index contributed by atoms with van der Waals surface area (Å²) in [5.41, 5.74) is 0.768. The van der Waals surface area contributed by atoms with Crippen molar-refractivity contribution in [2.75, 3.05) is 7.11 Å². The summed E-state index contributed by atoms with van der Waals surface area (Å²) in [7, 11) is 1.55. The van der Waals surface area contributed by atoms with E-state index in [4.69, 9.17) is 4.74 Å². The van der Waals surface area contributed by atoms with Crippen LogP contribution in [-0.4, -0.2) is 42.1 Å². The highest BCUT2D eigenvalue weighted by Crippen LogP contribution is 2.13. The van der Waals surface area contributed by atoms with Crippen LogP contribution in [0.4, 0.5) is 0 Å². The van der Waals surface area contributed by atoms with Crippen LogP contribution in [0.1, 0.15) is 18.4 Å². The van der Waals surface area contributed by atoms with E-state index in [9.17, 15) is 19.5 Å². The van der Waals surface area contributed by atoms with Gasteiger partial charge in [-0.3, -0.25) is 9.59 Å². The Bertz CT molecular complexity index is 570. The Morgan fingerprint density at radius 1 is 1.41 bits per heavy atom. The minimum atomic E-state index is -1.12. The third-order valence-electron chi connectivity index (χ3n) is 3.53. The van der Waals surface area contributed by atoms with E-state index in [-0.39, 0.29) is 18.7 Å². The zero-order chi connectivity index (χ0) is 16.1. The van der Waals surface area contributed by atoms with Gasteiger partial charge in [-0.25, -0.2) is 4.79 Å². The SMILES string of the molecule is COc1ccc(C[C@@H](NC(=O)[C@@H]2CCC(=O)N2)C(=O)O)cc1. The fourth-order valence-electron chi connectivity index (χ4n) is 2.28. The molecule has 0 aliphatic carbocycles. The van der Waals surface area contributed by atoms with Crippen molar-refractivity contribution in [2.24, 2.45) is 0 Å². The van der Waals surface area contributed by atoms with E-state index >= 15 is 0 Å². The third kappa shape index (κ3) is 3.97. The predicted molar refractivity (Wildman–Crippen MR) is 77.4 cm³/mol. The van der Waals surface area contributed by atoms with Gasteiger partial charge in [-0.1, -0.05) is 12.1 Å². The van der Waals surface area contributed by atoms with Crippen LogP contribution in [0.3, 0.4) is 0 Å². The number of hydrogen-bond acceptors (Lipinski definition) is 4. The zero-order valence-corrected chi connectivity index (χ0v) is 12.2. The molecule has 1 fully saturated rings. The van der Waals surface area contributed by atoms with E-state index in [0.29, 0.717) is 12.2 Å². The van der Waals surface area contributed by atoms with Gasteiger partial charge in [-0.15, -0.1) is 0 Å². The Morgan fingerprint density at radius 3 is 2.59 bits per heavy atom. The molecule has 2 rings (SSSR count). The Morgan fingerprint density at radius 2 is 2.09 bits per heavy atom. The number of ether oxygens (including phenoxy) is 1. The van der Waals surface area contributed by atoms with Crippen molar-refractivity contribution in [3.8, 4) is 5.75 Å². The van der Waals surface area contributed by atoms with Crippen LogP contribution in [0.15, 0.2) is 24.3 Å². The first-order valence-electron chi connectivity index (χ1n) is 6.95. The number of carboxylic acid groups (broad SMARTS) is 1. The van der Waals surface area contributed by atoms with Crippen LogP contribution in [0.5, 0.6) is 5.75 Å². The van der Waals surface area contributed by atoms with Gasteiger partial charge in [0.05, 0.1) is 7.11 Å². The lowest BCUT2D eigenvalue weighted by molar-refractivity contribution is -0.142. The molecule has 0 unspecified atom stereocenters. The normalized spacial score (nSPS) is 18.4. The number of nitrogens with one attached hydrogen (secondary N) is 2. The van der Waals surface area contributed by atoms with E-state index in [1.807, 2.05) is 0 Å². The summed E-state index contributed by atoms with van der Waals surface area (Å²) in [5, 5.41) is 14.2. The molecule has 1 aromatic rings. The number of carbonyl (C=O) groups excluding carboxylic acids is 2. The van der Waals surface area contributed by atoms with E-state index < -0.39 is 24.0 Å². The second kappa shape index (κ2) is 6.93. The van der Waals surface area contributed by atoms with Crippen LogP contribution in [0.2, 0.25) is 0 Å². The number of amides is 2.